The molecule has 1 fully saturated rings. The lowest BCUT2D eigenvalue weighted by molar-refractivity contribution is 0.240. The molecule has 3 atom stereocenters. The molecular formula is C15H28O2Si. The van der Waals surface area contributed by atoms with Crippen LogP contribution in [0.5, 0.6) is 0 Å². The van der Waals surface area contributed by atoms with Crippen molar-refractivity contribution in [3.05, 3.63) is 0 Å². The molecule has 104 valence electrons. The summed E-state index contributed by atoms with van der Waals surface area (Å²) in [6.07, 6.45) is 7.90. The lowest BCUT2D eigenvalue weighted by Gasteiger charge is -2.36. The second-order valence-corrected chi connectivity index (χ2v) is 11.8. The van der Waals surface area contributed by atoms with E-state index in [4.69, 9.17) is 15.6 Å². The molecule has 0 amide bonds. The minimum absolute atomic E-state index is 0.272. The van der Waals surface area contributed by atoms with Gasteiger partial charge in [-0.25, -0.2) is 0 Å². The molecule has 18 heavy (non-hydrogen) atoms. The summed E-state index contributed by atoms with van der Waals surface area (Å²) in [5.41, 5.74) is 0. The molecule has 1 rings (SSSR count). The maximum absolute atomic E-state index is 6.16. The lowest BCUT2D eigenvalue weighted by Crippen LogP contribution is -2.41. The molecule has 0 aromatic heterocycles. The van der Waals surface area contributed by atoms with Gasteiger partial charge in [0.1, 0.15) is 6.10 Å². The van der Waals surface area contributed by atoms with E-state index < -0.39 is 8.32 Å². The molecule has 0 N–H and O–H groups in total. The van der Waals surface area contributed by atoms with E-state index in [-0.39, 0.29) is 5.04 Å². The van der Waals surface area contributed by atoms with E-state index in [0.29, 0.717) is 18.1 Å². The molecule has 2 nitrogen and oxygen atoms in total. The number of rotatable bonds is 6. The van der Waals surface area contributed by atoms with Crippen LogP contribution in [0, 0.1) is 18.3 Å². The number of epoxide rings is 1. The van der Waals surface area contributed by atoms with Crippen LogP contribution in [0.25, 0.3) is 0 Å². The van der Waals surface area contributed by atoms with Gasteiger partial charge in [0.05, 0.1) is 12.7 Å². The van der Waals surface area contributed by atoms with E-state index in [1.54, 1.807) is 0 Å². The van der Waals surface area contributed by atoms with Gasteiger partial charge in [0.2, 0.25) is 0 Å². The SMILES string of the molecule is C#CC[C@@H](C)C[C@@H]1O[C@H]1CO[Si](C)(C)C(C)(C)C. The van der Waals surface area contributed by atoms with Crippen molar-refractivity contribution in [2.45, 2.75) is 70.9 Å². The van der Waals surface area contributed by atoms with Crippen molar-refractivity contribution in [1.82, 2.24) is 0 Å². The summed E-state index contributed by atoms with van der Waals surface area (Å²) in [4.78, 5) is 0. The zero-order valence-corrected chi connectivity index (χ0v) is 13.7. The Labute approximate surface area is 114 Å². The van der Waals surface area contributed by atoms with E-state index in [1.807, 2.05) is 0 Å². The predicted molar refractivity (Wildman–Crippen MR) is 79.0 cm³/mol. The van der Waals surface area contributed by atoms with Crippen molar-refractivity contribution in [1.29, 1.82) is 0 Å². The van der Waals surface area contributed by atoms with Crippen LogP contribution in [0.2, 0.25) is 18.1 Å². The summed E-state index contributed by atoms with van der Waals surface area (Å²) >= 11 is 0. The average molecular weight is 268 g/mol. The average Bonchev–Trinajstić information content (AvgIpc) is 2.92. The summed E-state index contributed by atoms with van der Waals surface area (Å²) in [7, 11) is -1.62. The smallest absolute Gasteiger partial charge is 0.192 e. The van der Waals surface area contributed by atoms with Crippen molar-refractivity contribution in [2.24, 2.45) is 5.92 Å². The lowest BCUT2D eigenvalue weighted by atomic mass is 10.0. The van der Waals surface area contributed by atoms with Crippen LogP contribution in [-0.4, -0.2) is 27.1 Å². The van der Waals surface area contributed by atoms with E-state index in [2.05, 4.69) is 46.7 Å². The number of ether oxygens (including phenoxy) is 1. The summed E-state index contributed by atoms with van der Waals surface area (Å²) in [5, 5.41) is 0.272. The van der Waals surface area contributed by atoms with Gasteiger partial charge < -0.3 is 9.16 Å². The van der Waals surface area contributed by atoms with E-state index in [0.717, 1.165) is 19.4 Å². The van der Waals surface area contributed by atoms with E-state index in [9.17, 15) is 0 Å². The van der Waals surface area contributed by atoms with Gasteiger partial charge in [0, 0.05) is 6.42 Å². The van der Waals surface area contributed by atoms with Crippen LogP contribution in [0.4, 0.5) is 0 Å². The van der Waals surface area contributed by atoms with Crippen molar-refractivity contribution >= 4 is 8.32 Å². The van der Waals surface area contributed by atoms with Gasteiger partial charge >= 0.3 is 0 Å². The minimum Gasteiger partial charge on any atom is -0.414 e. The number of hydrogen-bond donors (Lipinski definition) is 0. The zero-order valence-electron chi connectivity index (χ0n) is 12.7. The normalized spacial score (nSPS) is 25.6. The third-order valence-corrected chi connectivity index (χ3v) is 8.70. The maximum Gasteiger partial charge on any atom is 0.192 e. The molecule has 0 aromatic carbocycles. The quantitative estimate of drug-likeness (QED) is 0.415. The Morgan fingerprint density at radius 2 is 1.94 bits per heavy atom. The van der Waals surface area contributed by atoms with E-state index >= 15 is 0 Å². The molecule has 0 radical (unpaired) electrons. The standard InChI is InChI=1S/C15H28O2Si/c1-8-9-12(2)10-13-14(17-13)11-16-18(6,7)15(3,4)5/h1,12-14H,9-11H2,2-7H3/t12-,13+,14+/m1/s1. The minimum atomic E-state index is -1.62. The summed E-state index contributed by atoms with van der Waals surface area (Å²) in [6, 6.07) is 0. The van der Waals surface area contributed by atoms with Gasteiger partial charge in [-0.1, -0.05) is 27.7 Å². The van der Waals surface area contributed by atoms with Crippen LogP contribution in [0.15, 0.2) is 0 Å². The number of terminal acetylenes is 1. The Bertz CT molecular complexity index is 311. The third-order valence-electron chi connectivity index (χ3n) is 4.20. The first-order valence-electron chi connectivity index (χ1n) is 6.90. The fourth-order valence-electron chi connectivity index (χ4n) is 1.72. The summed E-state index contributed by atoms with van der Waals surface area (Å²) in [5.74, 6) is 3.27. The van der Waals surface area contributed by atoms with Gasteiger partial charge in [-0.2, -0.15) is 0 Å². The fourth-order valence-corrected chi connectivity index (χ4v) is 2.74. The van der Waals surface area contributed by atoms with E-state index in [1.165, 1.54) is 0 Å². The maximum atomic E-state index is 6.16. The fraction of sp³-hybridized carbons (Fsp3) is 0.867. The van der Waals surface area contributed by atoms with Gasteiger partial charge in [-0.05, 0) is 30.5 Å². The molecule has 3 heteroatoms. The molecule has 1 aliphatic rings. The molecule has 0 spiro atoms. The molecule has 1 aliphatic heterocycles. The van der Waals surface area contributed by atoms with Crippen LogP contribution in [0.1, 0.15) is 40.5 Å². The Hall–Kier alpha value is -0.303. The molecule has 1 heterocycles. The Kier molecular flexibility index (Phi) is 5.05. The Morgan fingerprint density at radius 3 is 2.44 bits per heavy atom. The molecular weight excluding hydrogens is 240 g/mol. The van der Waals surface area contributed by atoms with Gasteiger partial charge in [0.15, 0.2) is 8.32 Å². The first-order chi connectivity index (χ1) is 8.17. The largest absolute Gasteiger partial charge is 0.414 e. The topological polar surface area (TPSA) is 21.8 Å². The third kappa shape index (κ3) is 4.42. The highest BCUT2D eigenvalue weighted by Crippen LogP contribution is 2.38. The molecule has 0 unspecified atom stereocenters. The molecule has 1 saturated heterocycles. The van der Waals surface area contributed by atoms with Gasteiger partial charge in [-0.15, -0.1) is 12.3 Å². The molecule has 0 aliphatic carbocycles. The number of hydrogen-bond acceptors (Lipinski definition) is 2. The Balaban J connectivity index is 2.26. The van der Waals surface area contributed by atoms with Crippen molar-refractivity contribution in [2.75, 3.05) is 6.61 Å². The zero-order chi connectivity index (χ0) is 14.0. The van der Waals surface area contributed by atoms with Crippen LogP contribution in [0.3, 0.4) is 0 Å². The highest BCUT2D eigenvalue weighted by molar-refractivity contribution is 6.74. The van der Waals surface area contributed by atoms with Crippen LogP contribution in [-0.2, 0) is 9.16 Å². The van der Waals surface area contributed by atoms with Crippen LogP contribution >= 0.6 is 0 Å². The molecule has 0 bridgehead atoms. The first-order valence-corrected chi connectivity index (χ1v) is 9.81. The van der Waals surface area contributed by atoms with Crippen molar-refractivity contribution in [3.63, 3.8) is 0 Å². The highest BCUT2D eigenvalue weighted by Gasteiger charge is 2.43. The monoisotopic (exact) mass is 268 g/mol. The Morgan fingerprint density at radius 1 is 1.33 bits per heavy atom. The molecule has 0 aromatic rings. The molecule has 0 saturated carbocycles. The first kappa shape index (κ1) is 15.8. The van der Waals surface area contributed by atoms with Crippen LogP contribution < -0.4 is 0 Å². The summed E-state index contributed by atoms with van der Waals surface area (Å²) < 4.78 is 11.8. The summed E-state index contributed by atoms with van der Waals surface area (Å²) in [6.45, 7) is 14.3. The second kappa shape index (κ2) is 5.77. The predicted octanol–water partition coefficient (Wildman–Crippen LogP) is 3.83. The second-order valence-electron chi connectivity index (χ2n) is 7.03. The van der Waals surface area contributed by atoms with Gasteiger partial charge in [0.25, 0.3) is 0 Å². The van der Waals surface area contributed by atoms with Gasteiger partial charge in [-0.3, -0.25) is 0 Å². The van der Waals surface area contributed by atoms with Crippen molar-refractivity contribution in [3.8, 4) is 12.3 Å². The van der Waals surface area contributed by atoms with Crippen molar-refractivity contribution < 1.29 is 9.16 Å². The highest BCUT2D eigenvalue weighted by atomic mass is 28.4.